The van der Waals surface area contributed by atoms with Gasteiger partial charge >= 0.3 is 12.0 Å². The van der Waals surface area contributed by atoms with Crippen molar-refractivity contribution >= 4 is 12.0 Å². The summed E-state index contributed by atoms with van der Waals surface area (Å²) in [6, 6.07) is 4.49. The molecule has 6 nitrogen and oxygen atoms in total. The number of hydrogen-bond donors (Lipinski definition) is 2. The molecule has 1 aromatic heterocycles. The van der Waals surface area contributed by atoms with Gasteiger partial charge in [-0.1, -0.05) is 12.0 Å². The molecule has 0 spiro atoms. The molecule has 0 radical (unpaired) electrons. The van der Waals surface area contributed by atoms with Gasteiger partial charge in [0.15, 0.2) is 0 Å². The summed E-state index contributed by atoms with van der Waals surface area (Å²) in [5.41, 5.74) is 0.687. The summed E-state index contributed by atoms with van der Waals surface area (Å²) in [6.45, 7) is 1.26. The Morgan fingerprint density at radius 1 is 1.58 bits per heavy atom. The molecule has 0 aliphatic carbocycles. The number of carboxylic acid groups (broad SMARTS) is 1. The fourth-order valence-electron chi connectivity index (χ4n) is 1.46. The maximum atomic E-state index is 11.9. The van der Waals surface area contributed by atoms with Crippen molar-refractivity contribution in [1.29, 1.82) is 0 Å². The van der Waals surface area contributed by atoms with E-state index >= 15 is 0 Å². The van der Waals surface area contributed by atoms with Gasteiger partial charge in [0.05, 0.1) is 18.3 Å². The lowest BCUT2D eigenvalue weighted by Crippen LogP contribution is -2.43. The molecule has 100 valence electrons. The Balaban J connectivity index is 2.66. The van der Waals surface area contributed by atoms with Crippen LogP contribution in [0.2, 0.25) is 0 Å². The lowest BCUT2D eigenvalue weighted by molar-refractivity contribution is -0.137. The highest BCUT2D eigenvalue weighted by atomic mass is 16.4. The number of carbonyl (C=O) groups excluding carboxylic acids is 1. The van der Waals surface area contributed by atoms with E-state index in [1.807, 2.05) is 0 Å². The minimum atomic E-state index is -1.11. The standard InChI is InChI=1S/C13H15N3O3/c1-3-8-16(9-12(17)18)13(19)15-10(2)11-6-4-5-7-14-11/h1,4-7,10H,8-9H2,2H3,(H,15,19)(H,17,18). The van der Waals surface area contributed by atoms with Gasteiger partial charge in [-0.25, -0.2) is 4.79 Å². The van der Waals surface area contributed by atoms with Gasteiger partial charge in [-0.05, 0) is 19.1 Å². The highest BCUT2D eigenvalue weighted by molar-refractivity contribution is 5.80. The van der Waals surface area contributed by atoms with E-state index in [0.29, 0.717) is 5.69 Å². The first-order valence-electron chi connectivity index (χ1n) is 5.66. The number of hydrogen-bond acceptors (Lipinski definition) is 3. The fourth-order valence-corrected chi connectivity index (χ4v) is 1.46. The van der Waals surface area contributed by atoms with Crippen molar-refractivity contribution in [3.05, 3.63) is 30.1 Å². The van der Waals surface area contributed by atoms with Crippen LogP contribution in [-0.2, 0) is 4.79 Å². The number of urea groups is 1. The normalized spacial score (nSPS) is 11.2. The van der Waals surface area contributed by atoms with E-state index in [-0.39, 0.29) is 12.6 Å². The van der Waals surface area contributed by atoms with E-state index in [0.717, 1.165) is 4.90 Å². The van der Waals surface area contributed by atoms with Gasteiger partial charge in [0.25, 0.3) is 0 Å². The number of aromatic nitrogens is 1. The van der Waals surface area contributed by atoms with E-state index in [4.69, 9.17) is 11.5 Å². The molecule has 2 amide bonds. The zero-order chi connectivity index (χ0) is 14.3. The second-order valence-corrected chi connectivity index (χ2v) is 3.88. The first kappa shape index (κ1) is 14.5. The summed E-state index contributed by atoms with van der Waals surface area (Å²) in [5, 5.41) is 11.4. The third-order valence-electron chi connectivity index (χ3n) is 2.37. The molecule has 0 fully saturated rings. The van der Waals surface area contributed by atoms with Crippen molar-refractivity contribution in [3.63, 3.8) is 0 Å². The predicted molar refractivity (Wildman–Crippen MR) is 69.2 cm³/mol. The molecule has 1 rings (SSSR count). The molecule has 0 saturated heterocycles. The number of nitrogens with one attached hydrogen (secondary N) is 1. The van der Waals surface area contributed by atoms with Gasteiger partial charge in [0.1, 0.15) is 6.54 Å². The zero-order valence-corrected chi connectivity index (χ0v) is 10.5. The van der Waals surface area contributed by atoms with Crippen molar-refractivity contribution in [2.45, 2.75) is 13.0 Å². The molecule has 0 saturated carbocycles. The Hall–Kier alpha value is -2.55. The van der Waals surface area contributed by atoms with Crippen molar-refractivity contribution in [3.8, 4) is 12.3 Å². The minimum absolute atomic E-state index is 0.0624. The van der Waals surface area contributed by atoms with E-state index in [9.17, 15) is 9.59 Å². The molecular weight excluding hydrogens is 246 g/mol. The largest absolute Gasteiger partial charge is 0.480 e. The van der Waals surface area contributed by atoms with E-state index in [1.165, 1.54) is 0 Å². The Morgan fingerprint density at radius 3 is 2.84 bits per heavy atom. The lowest BCUT2D eigenvalue weighted by atomic mass is 10.2. The van der Waals surface area contributed by atoms with Crippen molar-refractivity contribution < 1.29 is 14.7 Å². The van der Waals surface area contributed by atoms with Crippen LogP contribution in [0.3, 0.4) is 0 Å². The van der Waals surface area contributed by atoms with Crippen molar-refractivity contribution in [2.24, 2.45) is 0 Å². The monoisotopic (exact) mass is 261 g/mol. The number of nitrogens with zero attached hydrogens (tertiary/aromatic N) is 2. The van der Waals surface area contributed by atoms with Gasteiger partial charge in [0, 0.05) is 6.20 Å². The van der Waals surface area contributed by atoms with Crippen LogP contribution in [0.4, 0.5) is 4.79 Å². The van der Waals surface area contributed by atoms with Crippen LogP contribution in [0.5, 0.6) is 0 Å². The molecule has 0 aliphatic heterocycles. The maximum Gasteiger partial charge on any atom is 0.323 e. The Labute approximate surface area is 111 Å². The topological polar surface area (TPSA) is 82.5 Å². The number of pyridine rings is 1. The molecule has 0 bridgehead atoms. The van der Waals surface area contributed by atoms with Crippen LogP contribution >= 0.6 is 0 Å². The van der Waals surface area contributed by atoms with Gasteiger partial charge in [-0.2, -0.15) is 0 Å². The second kappa shape index (κ2) is 7.01. The predicted octanol–water partition coefficient (Wildman–Crippen LogP) is 0.872. The minimum Gasteiger partial charge on any atom is -0.480 e. The van der Waals surface area contributed by atoms with Crippen LogP contribution in [0, 0.1) is 12.3 Å². The van der Waals surface area contributed by atoms with E-state index in [2.05, 4.69) is 16.2 Å². The van der Waals surface area contributed by atoms with Crippen LogP contribution in [0.25, 0.3) is 0 Å². The van der Waals surface area contributed by atoms with E-state index in [1.54, 1.807) is 31.3 Å². The molecule has 1 unspecified atom stereocenters. The smallest absolute Gasteiger partial charge is 0.323 e. The quantitative estimate of drug-likeness (QED) is 0.770. The summed E-state index contributed by atoms with van der Waals surface area (Å²) < 4.78 is 0. The number of terminal acetylenes is 1. The van der Waals surface area contributed by atoms with Gasteiger partial charge in [-0.15, -0.1) is 6.42 Å². The number of carboxylic acids is 1. The summed E-state index contributed by atoms with van der Waals surface area (Å²) in [6.07, 6.45) is 6.73. The van der Waals surface area contributed by atoms with Gasteiger partial charge in [-0.3, -0.25) is 9.78 Å². The first-order valence-corrected chi connectivity index (χ1v) is 5.66. The third kappa shape index (κ3) is 4.68. The maximum absolute atomic E-state index is 11.9. The molecule has 1 atom stereocenters. The number of rotatable bonds is 5. The number of aliphatic carboxylic acids is 1. The highest BCUT2D eigenvalue weighted by Crippen LogP contribution is 2.08. The Kier molecular flexibility index (Phi) is 5.35. The molecule has 1 heterocycles. The Morgan fingerprint density at radius 2 is 2.32 bits per heavy atom. The summed E-state index contributed by atoms with van der Waals surface area (Å²) >= 11 is 0. The first-order chi connectivity index (χ1) is 9.04. The van der Waals surface area contributed by atoms with Crippen molar-refractivity contribution in [2.75, 3.05) is 13.1 Å². The van der Waals surface area contributed by atoms with Gasteiger partial charge < -0.3 is 15.3 Å². The van der Waals surface area contributed by atoms with Gasteiger partial charge in [0.2, 0.25) is 0 Å². The molecule has 0 aliphatic rings. The molecule has 0 aromatic carbocycles. The van der Waals surface area contributed by atoms with Crippen molar-refractivity contribution in [1.82, 2.24) is 15.2 Å². The third-order valence-corrected chi connectivity index (χ3v) is 2.37. The average Bonchev–Trinajstić information content (AvgIpc) is 2.38. The Bertz CT molecular complexity index is 482. The summed E-state index contributed by atoms with van der Waals surface area (Å²) in [5.74, 6) is 1.14. The SMILES string of the molecule is C#CCN(CC(=O)O)C(=O)NC(C)c1ccccn1. The molecular formula is C13H15N3O3. The number of carbonyl (C=O) groups is 2. The number of amides is 2. The van der Waals surface area contributed by atoms with Crippen LogP contribution in [0.15, 0.2) is 24.4 Å². The zero-order valence-electron chi connectivity index (χ0n) is 10.5. The lowest BCUT2D eigenvalue weighted by Gasteiger charge is -2.21. The summed E-state index contributed by atoms with van der Waals surface area (Å²) in [4.78, 5) is 27.7. The second-order valence-electron chi connectivity index (χ2n) is 3.88. The van der Waals surface area contributed by atoms with E-state index < -0.39 is 18.5 Å². The molecule has 19 heavy (non-hydrogen) atoms. The summed E-state index contributed by atoms with van der Waals surface area (Å²) in [7, 11) is 0. The van der Waals surface area contributed by atoms with Crippen LogP contribution < -0.4 is 5.32 Å². The molecule has 2 N–H and O–H groups in total. The highest BCUT2D eigenvalue weighted by Gasteiger charge is 2.18. The molecule has 6 heteroatoms. The average molecular weight is 261 g/mol. The molecule has 1 aromatic rings. The fraction of sp³-hybridized carbons (Fsp3) is 0.308. The van der Waals surface area contributed by atoms with Crippen LogP contribution in [-0.4, -0.2) is 40.1 Å². The van der Waals surface area contributed by atoms with Crippen LogP contribution in [0.1, 0.15) is 18.7 Å².